The summed E-state index contributed by atoms with van der Waals surface area (Å²) < 4.78 is 30.7. The van der Waals surface area contributed by atoms with Gasteiger partial charge in [-0.3, -0.25) is 4.90 Å². The number of hydrogen-bond acceptors (Lipinski definition) is 2. The van der Waals surface area contributed by atoms with Gasteiger partial charge in [-0.05, 0) is 33.7 Å². The Morgan fingerprint density at radius 1 is 1.43 bits per heavy atom. The molecule has 1 heterocycles. The molecule has 0 aromatic carbocycles. The summed E-state index contributed by atoms with van der Waals surface area (Å²) in [5.41, 5.74) is 0. The quantitative estimate of drug-likeness (QED) is 0.703. The van der Waals surface area contributed by atoms with Crippen LogP contribution in [-0.2, 0) is 4.74 Å². The summed E-state index contributed by atoms with van der Waals surface area (Å²) in [7, 11) is 1.77. The van der Waals surface area contributed by atoms with Crippen LogP contribution in [0, 0.1) is 0 Å². The highest BCUT2D eigenvalue weighted by Crippen LogP contribution is 2.27. The molecule has 0 unspecified atom stereocenters. The molecule has 1 fully saturated rings. The van der Waals surface area contributed by atoms with Crippen molar-refractivity contribution >= 4 is 0 Å². The Hall–Kier alpha value is -0.220. The Kier molecular flexibility index (Phi) is 4.26. The van der Waals surface area contributed by atoms with Crippen LogP contribution in [0.5, 0.6) is 0 Å². The largest absolute Gasteiger partial charge is 0.378 e. The van der Waals surface area contributed by atoms with Crippen LogP contribution in [0.3, 0.4) is 0 Å². The Balaban J connectivity index is 2.57. The van der Waals surface area contributed by atoms with E-state index in [1.54, 1.807) is 11.9 Å². The van der Waals surface area contributed by atoms with E-state index in [0.29, 0.717) is 13.0 Å². The highest BCUT2D eigenvalue weighted by atomic mass is 19.3. The lowest BCUT2D eigenvalue weighted by Gasteiger charge is -2.41. The van der Waals surface area contributed by atoms with Crippen molar-refractivity contribution in [2.24, 2.45) is 0 Å². The fourth-order valence-electron chi connectivity index (χ4n) is 2.06. The summed E-state index contributed by atoms with van der Waals surface area (Å²) in [5, 5.41) is 0. The first-order chi connectivity index (χ1) is 6.56. The molecule has 0 aromatic heterocycles. The number of alkyl halides is 2. The summed E-state index contributed by atoms with van der Waals surface area (Å²) in [6.07, 6.45) is -0.962. The van der Waals surface area contributed by atoms with Gasteiger partial charge in [-0.2, -0.15) is 0 Å². The van der Waals surface area contributed by atoms with Crippen molar-refractivity contribution in [1.82, 2.24) is 4.90 Å². The molecule has 1 aliphatic heterocycles. The third kappa shape index (κ3) is 2.64. The smallest absolute Gasteiger partial charge is 0.253 e. The molecular formula is C10H19F2NO. The number of piperidine rings is 1. The molecule has 0 saturated carbocycles. The minimum Gasteiger partial charge on any atom is -0.378 e. The van der Waals surface area contributed by atoms with Crippen LogP contribution in [0.1, 0.15) is 26.7 Å². The topological polar surface area (TPSA) is 12.5 Å². The van der Waals surface area contributed by atoms with Crippen molar-refractivity contribution < 1.29 is 13.5 Å². The van der Waals surface area contributed by atoms with E-state index in [1.807, 2.05) is 13.8 Å². The summed E-state index contributed by atoms with van der Waals surface area (Å²) in [6, 6.07) is -0.463. The number of likely N-dealkylation sites (tertiary alicyclic amines) is 1. The molecule has 84 valence electrons. The molecule has 0 radical (unpaired) electrons. The van der Waals surface area contributed by atoms with E-state index in [9.17, 15) is 8.78 Å². The van der Waals surface area contributed by atoms with Crippen LogP contribution in [-0.4, -0.2) is 43.2 Å². The van der Waals surface area contributed by atoms with Gasteiger partial charge >= 0.3 is 0 Å². The molecule has 14 heavy (non-hydrogen) atoms. The maximum absolute atomic E-state index is 12.7. The minimum absolute atomic E-state index is 0.00481. The monoisotopic (exact) mass is 207 g/mol. The Labute approximate surface area is 84.2 Å². The fraction of sp³-hybridized carbons (Fsp3) is 1.00. The Bertz CT molecular complexity index is 178. The lowest BCUT2D eigenvalue weighted by atomic mass is 9.94. The number of hydrogen-bond donors (Lipinski definition) is 0. The van der Waals surface area contributed by atoms with Gasteiger partial charge in [0.25, 0.3) is 6.43 Å². The van der Waals surface area contributed by atoms with Crippen molar-refractivity contribution in [3.05, 3.63) is 0 Å². The summed E-state index contributed by atoms with van der Waals surface area (Å²) >= 11 is 0. The zero-order valence-corrected chi connectivity index (χ0v) is 9.04. The number of rotatable bonds is 3. The molecule has 0 bridgehead atoms. The third-order valence-corrected chi connectivity index (χ3v) is 3.02. The number of nitrogens with zero attached hydrogens (tertiary/aromatic N) is 1. The predicted molar refractivity (Wildman–Crippen MR) is 51.7 cm³/mol. The first-order valence-corrected chi connectivity index (χ1v) is 5.18. The highest BCUT2D eigenvalue weighted by Gasteiger charge is 2.36. The van der Waals surface area contributed by atoms with Gasteiger partial charge in [0.05, 0.1) is 12.1 Å². The minimum atomic E-state index is -2.27. The summed E-state index contributed by atoms with van der Waals surface area (Å²) in [4.78, 5) is 1.76. The molecule has 0 aliphatic carbocycles. The van der Waals surface area contributed by atoms with Gasteiger partial charge in [0.1, 0.15) is 0 Å². The van der Waals surface area contributed by atoms with Gasteiger partial charge in [-0.1, -0.05) is 0 Å². The summed E-state index contributed by atoms with van der Waals surface area (Å²) in [6.45, 7) is 4.48. The van der Waals surface area contributed by atoms with E-state index >= 15 is 0 Å². The lowest BCUT2D eigenvalue weighted by molar-refractivity contribution is -0.0695. The van der Waals surface area contributed by atoms with Crippen molar-refractivity contribution in [2.45, 2.75) is 51.3 Å². The van der Waals surface area contributed by atoms with E-state index in [1.165, 1.54) is 0 Å². The molecule has 2 nitrogen and oxygen atoms in total. The van der Waals surface area contributed by atoms with E-state index in [0.717, 1.165) is 6.42 Å². The maximum Gasteiger partial charge on any atom is 0.253 e. The van der Waals surface area contributed by atoms with Gasteiger partial charge in [0, 0.05) is 12.6 Å². The average molecular weight is 207 g/mol. The van der Waals surface area contributed by atoms with Crippen LogP contribution in [0.2, 0.25) is 0 Å². The molecule has 0 N–H and O–H groups in total. The molecular weight excluding hydrogens is 188 g/mol. The van der Waals surface area contributed by atoms with Crippen molar-refractivity contribution in [2.75, 3.05) is 13.7 Å². The molecule has 0 spiro atoms. The molecule has 0 amide bonds. The molecule has 0 aromatic rings. The standard InChI is InChI=1S/C10H19F2NO/c1-4-14-8-5-7(2)13(3)9(6-8)10(11)12/h7-10H,4-6H2,1-3H3/t7-,8+,9+/m1/s1. The Morgan fingerprint density at radius 3 is 2.57 bits per heavy atom. The zero-order valence-electron chi connectivity index (χ0n) is 9.04. The van der Waals surface area contributed by atoms with Crippen LogP contribution >= 0.6 is 0 Å². The van der Waals surface area contributed by atoms with Gasteiger partial charge in [-0.15, -0.1) is 0 Å². The second-order valence-electron chi connectivity index (χ2n) is 3.97. The van der Waals surface area contributed by atoms with Gasteiger partial charge in [-0.25, -0.2) is 8.78 Å². The first-order valence-electron chi connectivity index (χ1n) is 5.18. The molecule has 4 heteroatoms. The normalized spacial score (nSPS) is 35.1. The van der Waals surface area contributed by atoms with Gasteiger partial charge in [0.2, 0.25) is 0 Å². The lowest BCUT2D eigenvalue weighted by Crippen LogP contribution is -2.51. The van der Waals surface area contributed by atoms with Crippen LogP contribution < -0.4 is 0 Å². The second-order valence-corrected chi connectivity index (χ2v) is 3.97. The zero-order chi connectivity index (χ0) is 10.7. The highest BCUT2D eigenvalue weighted by molar-refractivity contribution is 4.86. The van der Waals surface area contributed by atoms with Crippen molar-refractivity contribution in [3.63, 3.8) is 0 Å². The first kappa shape index (κ1) is 11.9. The Morgan fingerprint density at radius 2 is 2.07 bits per heavy atom. The van der Waals surface area contributed by atoms with Crippen LogP contribution in [0.4, 0.5) is 8.78 Å². The molecule has 1 aliphatic rings. The van der Waals surface area contributed by atoms with E-state index in [-0.39, 0.29) is 12.1 Å². The number of ether oxygens (including phenoxy) is 1. The number of halogens is 2. The van der Waals surface area contributed by atoms with Crippen LogP contribution in [0.25, 0.3) is 0 Å². The maximum atomic E-state index is 12.7. The van der Waals surface area contributed by atoms with Gasteiger partial charge in [0.15, 0.2) is 0 Å². The van der Waals surface area contributed by atoms with E-state index in [2.05, 4.69) is 0 Å². The molecule has 3 atom stereocenters. The fourth-order valence-corrected chi connectivity index (χ4v) is 2.06. The van der Waals surface area contributed by atoms with Gasteiger partial charge < -0.3 is 4.74 Å². The van der Waals surface area contributed by atoms with E-state index in [4.69, 9.17) is 4.74 Å². The second kappa shape index (κ2) is 5.03. The molecule has 1 saturated heterocycles. The SMILES string of the molecule is CCO[C@H]1C[C@@H](C)N(C)[C@H](C(F)F)C1. The van der Waals surface area contributed by atoms with Crippen LogP contribution in [0.15, 0.2) is 0 Å². The van der Waals surface area contributed by atoms with Crippen molar-refractivity contribution in [3.8, 4) is 0 Å². The van der Waals surface area contributed by atoms with Crippen molar-refractivity contribution in [1.29, 1.82) is 0 Å². The summed E-state index contributed by atoms with van der Waals surface area (Å²) in [5.74, 6) is 0. The third-order valence-electron chi connectivity index (χ3n) is 3.02. The predicted octanol–water partition coefficient (Wildman–Crippen LogP) is 2.14. The van der Waals surface area contributed by atoms with E-state index < -0.39 is 12.5 Å². The molecule has 1 rings (SSSR count). The average Bonchev–Trinajstić information content (AvgIpc) is 2.11.